The molecule has 6 heteroatoms. The summed E-state index contributed by atoms with van der Waals surface area (Å²) in [6.07, 6.45) is 14.0. The Kier molecular flexibility index (Phi) is 87.5. The lowest BCUT2D eigenvalue weighted by Gasteiger charge is -2.23. The Hall–Kier alpha value is -2.24. The number of carbonyl (C=O) groups excluding carboxylic acids is 2. The molecule has 0 aliphatic rings. The van der Waals surface area contributed by atoms with E-state index in [4.69, 9.17) is 9.47 Å². The van der Waals surface area contributed by atoms with Gasteiger partial charge in [-0.05, 0) is 49.8 Å². The van der Waals surface area contributed by atoms with Crippen LogP contribution < -0.4 is 9.47 Å². The fraction of sp³-hybridized carbons (Fsp3) is 0.818. The summed E-state index contributed by atoms with van der Waals surface area (Å²) in [4.78, 5) is 29.9. The van der Waals surface area contributed by atoms with E-state index in [0.717, 1.165) is 115 Å². The lowest BCUT2D eigenvalue weighted by atomic mass is 10.1. The molecule has 0 aromatic heterocycles. The van der Waals surface area contributed by atoms with Gasteiger partial charge in [-0.3, -0.25) is 9.59 Å². The molecule has 50 heavy (non-hydrogen) atoms. The van der Waals surface area contributed by atoms with E-state index in [0.29, 0.717) is 11.5 Å². The molecular weight excluding hydrogens is 620 g/mol. The van der Waals surface area contributed by atoms with Gasteiger partial charge in [0.25, 0.3) is 11.8 Å². The minimum atomic E-state index is 0. The Morgan fingerprint density at radius 1 is 0.440 bits per heavy atom. The molecule has 0 aliphatic heterocycles. The van der Waals surface area contributed by atoms with Crippen molar-refractivity contribution in [3.63, 3.8) is 0 Å². The standard InChI is InChI=1S/C32H56N2O4.12CH4/c1-6-11-15-19-33(20-16-12-7-2)31(35)26-37-29-23-28(10-5)24-30(25-29)38-27-32(36)34(21-17-13-8-3)22-18-14-9-4;;;;;;;;;;;;/h23-25H,6-22,26-27H2,1-5H3;12*1H4. The van der Waals surface area contributed by atoms with Crippen LogP contribution in [-0.2, 0) is 16.0 Å². The van der Waals surface area contributed by atoms with Crippen molar-refractivity contribution in [2.45, 2.75) is 207 Å². The molecule has 0 heterocycles. The minimum absolute atomic E-state index is 0. The molecule has 1 aromatic rings. The molecule has 0 radical (unpaired) electrons. The largest absolute Gasteiger partial charge is 0.484 e. The number of carbonyl (C=O) groups is 2. The zero-order chi connectivity index (χ0) is 28.0. The van der Waals surface area contributed by atoms with Crippen molar-refractivity contribution in [2.24, 2.45) is 0 Å². The number of benzene rings is 1. The lowest BCUT2D eigenvalue weighted by molar-refractivity contribution is -0.134. The molecule has 2 amide bonds. The second kappa shape index (κ2) is 53.6. The Bertz CT molecular complexity index is 692. The number of unbranched alkanes of at least 4 members (excludes halogenated alkanes) is 8. The second-order valence-corrected chi connectivity index (χ2v) is 10.3. The number of nitrogens with zero attached hydrogens (tertiary/aromatic N) is 2. The zero-order valence-corrected chi connectivity index (χ0v) is 25.2. The third kappa shape index (κ3) is 37.0. The van der Waals surface area contributed by atoms with Crippen LogP contribution in [0.1, 0.15) is 206 Å². The maximum absolute atomic E-state index is 13.0. The van der Waals surface area contributed by atoms with Gasteiger partial charge in [0.1, 0.15) is 11.5 Å². The fourth-order valence-corrected chi connectivity index (χ4v) is 4.41. The highest BCUT2D eigenvalue weighted by atomic mass is 16.5. The molecule has 0 fully saturated rings. The van der Waals surface area contributed by atoms with Gasteiger partial charge < -0.3 is 19.3 Å². The van der Waals surface area contributed by atoms with Crippen molar-refractivity contribution in [1.82, 2.24) is 9.80 Å². The van der Waals surface area contributed by atoms with E-state index < -0.39 is 0 Å². The Balaban J connectivity index is -0.000000120. The topological polar surface area (TPSA) is 59.1 Å². The molecule has 0 aliphatic carbocycles. The average Bonchev–Trinajstić information content (AvgIpc) is 2.93. The minimum Gasteiger partial charge on any atom is -0.484 e. The van der Waals surface area contributed by atoms with E-state index in [2.05, 4.69) is 34.6 Å². The predicted molar refractivity (Wildman–Crippen MR) is 239 cm³/mol. The normalized spacial score (nSPS) is 8.26. The molecule has 0 bridgehead atoms. The highest BCUT2D eigenvalue weighted by molar-refractivity contribution is 5.78. The van der Waals surface area contributed by atoms with Crippen LogP contribution in [0.15, 0.2) is 18.2 Å². The summed E-state index contributed by atoms with van der Waals surface area (Å²) in [7, 11) is 0. The van der Waals surface area contributed by atoms with E-state index in [1.165, 1.54) is 0 Å². The van der Waals surface area contributed by atoms with Crippen molar-refractivity contribution in [2.75, 3.05) is 39.4 Å². The molecule has 314 valence electrons. The van der Waals surface area contributed by atoms with Crippen molar-refractivity contribution in [1.29, 1.82) is 0 Å². The van der Waals surface area contributed by atoms with E-state index in [1.54, 1.807) is 6.07 Å². The molecule has 0 saturated carbocycles. The zero-order valence-electron chi connectivity index (χ0n) is 25.2. The maximum atomic E-state index is 13.0. The van der Waals surface area contributed by atoms with Crippen molar-refractivity contribution in [3.05, 3.63) is 23.8 Å². The highest BCUT2D eigenvalue weighted by Gasteiger charge is 2.16. The summed E-state index contributed by atoms with van der Waals surface area (Å²) in [5, 5.41) is 0. The fourth-order valence-electron chi connectivity index (χ4n) is 4.41. The first-order chi connectivity index (χ1) is 18.5. The number of hydrogen-bond donors (Lipinski definition) is 0. The average molecular weight is 725 g/mol. The predicted octanol–water partition coefficient (Wildman–Crippen LogP) is 15.1. The summed E-state index contributed by atoms with van der Waals surface area (Å²) >= 11 is 0. The smallest absolute Gasteiger partial charge is 0.260 e. The van der Waals surface area contributed by atoms with Crippen molar-refractivity contribution < 1.29 is 19.1 Å². The third-order valence-corrected chi connectivity index (χ3v) is 6.90. The molecule has 0 saturated heterocycles. The number of hydrogen-bond acceptors (Lipinski definition) is 4. The van der Waals surface area contributed by atoms with Crippen LogP contribution in [-0.4, -0.2) is 61.0 Å². The number of amides is 2. The first kappa shape index (κ1) is 81.7. The number of rotatable bonds is 23. The van der Waals surface area contributed by atoms with Gasteiger partial charge in [0.05, 0.1) is 0 Å². The van der Waals surface area contributed by atoms with Gasteiger partial charge in [0.15, 0.2) is 13.2 Å². The first-order valence-electron chi connectivity index (χ1n) is 15.4. The molecule has 1 rings (SSSR count). The summed E-state index contributed by atoms with van der Waals surface area (Å²) in [6.45, 7) is 14.0. The van der Waals surface area contributed by atoms with Gasteiger partial charge in [-0.2, -0.15) is 0 Å². The van der Waals surface area contributed by atoms with Gasteiger partial charge in [0, 0.05) is 32.2 Å². The second-order valence-electron chi connectivity index (χ2n) is 10.3. The van der Waals surface area contributed by atoms with Crippen LogP contribution in [0.2, 0.25) is 0 Å². The molecule has 6 nitrogen and oxygen atoms in total. The van der Waals surface area contributed by atoms with Crippen LogP contribution in [0.4, 0.5) is 0 Å². The number of ether oxygens (including phenoxy) is 2. The molecule has 1 aromatic carbocycles. The summed E-state index contributed by atoms with van der Waals surface area (Å²) in [5.41, 5.74) is 1.06. The summed E-state index contributed by atoms with van der Waals surface area (Å²) in [5.74, 6) is 1.30. The first-order valence-corrected chi connectivity index (χ1v) is 15.4. The van der Waals surface area contributed by atoms with Crippen LogP contribution in [0.3, 0.4) is 0 Å². The quantitative estimate of drug-likeness (QED) is 0.105. The summed E-state index contributed by atoms with van der Waals surface area (Å²) < 4.78 is 11.9. The van der Waals surface area contributed by atoms with Gasteiger partial charge in [-0.1, -0.05) is 175 Å². The number of aryl methyl sites for hydroxylation is 1. The van der Waals surface area contributed by atoms with E-state index in [9.17, 15) is 9.59 Å². The molecule has 0 atom stereocenters. The van der Waals surface area contributed by atoms with Crippen LogP contribution in [0, 0.1) is 0 Å². The molecule has 0 spiro atoms. The van der Waals surface area contributed by atoms with Crippen LogP contribution in [0.25, 0.3) is 0 Å². The van der Waals surface area contributed by atoms with Gasteiger partial charge in [-0.25, -0.2) is 0 Å². The van der Waals surface area contributed by atoms with E-state index >= 15 is 0 Å². The SMILES string of the molecule is C.C.C.C.C.C.C.C.C.C.C.C.CCCCCN(CCCCC)C(=O)COc1cc(CC)cc(OCC(=O)N(CCCCC)CCCCC)c1. The van der Waals surface area contributed by atoms with E-state index in [-0.39, 0.29) is 114 Å². The molecule has 0 unspecified atom stereocenters. The highest BCUT2D eigenvalue weighted by Crippen LogP contribution is 2.24. The third-order valence-electron chi connectivity index (χ3n) is 6.90. The van der Waals surface area contributed by atoms with Gasteiger partial charge >= 0.3 is 0 Å². The van der Waals surface area contributed by atoms with Crippen LogP contribution in [0.5, 0.6) is 11.5 Å². The monoisotopic (exact) mass is 725 g/mol. The molecular formula is C44H104N2O4. The van der Waals surface area contributed by atoms with Gasteiger partial charge in [0.2, 0.25) is 0 Å². The van der Waals surface area contributed by atoms with Gasteiger partial charge in [-0.15, -0.1) is 0 Å². The lowest BCUT2D eigenvalue weighted by Crippen LogP contribution is -2.36. The van der Waals surface area contributed by atoms with Crippen molar-refractivity contribution in [3.8, 4) is 11.5 Å². The maximum Gasteiger partial charge on any atom is 0.260 e. The summed E-state index contributed by atoms with van der Waals surface area (Å²) in [6, 6.07) is 5.72. The van der Waals surface area contributed by atoms with E-state index in [1.807, 2.05) is 21.9 Å². The Morgan fingerprint density at radius 2 is 0.700 bits per heavy atom. The Morgan fingerprint density at radius 3 is 0.920 bits per heavy atom. The molecule has 0 N–H and O–H groups in total. The van der Waals surface area contributed by atoms with Crippen molar-refractivity contribution >= 4 is 11.8 Å². The Labute approximate surface area is 321 Å². The van der Waals surface area contributed by atoms with Crippen LogP contribution >= 0.6 is 0 Å².